The van der Waals surface area contributed by atoms with Crippen LogP contribution in [0.4, 0.5) is 0 Å². The minimum Gasteiger partial charge on any atom is -0.274 e. The summed E-state index contributed by atoms with van der Waals surface area (Å²) in [5.41, 5.74) is 0. The van der Waals surface area contributed by atoms with Gasteiger partial charge in [-0.1, -0.05) is 6.42 Å². The Kier molecular flexibility index (Phi) is 3.62. The minimum absolute atomic E-state index is 0.151. The van der Waals surface area contributed by atoms with Crippen LogP contribution in [0.25, 0.3) is 0 Å². The van der Waals surface area contributed by atoms with E-state index in [9.17, 15) is 13.2 Å². The van der Waals surface area contributed by atoms with Gasteiger partial charge in [0.2, 0.25) is 15.9 Å². The molecule has 2 aliphatic carbocycles. The molecule has 2 fully saturated rings. The normalized spacial score (nSPS) is 28.8. The monoisotopic (exact) mass is 313 g/mol. The number of nitrogens with one attached hydrogen (secondary N) is 1. The first-order chi connectivity index (χ1) is 9.44. The molecule has 1 aromatic heterocycles. The van der Waals surface area contributed by atoms with Gasteiger partial charge < -0.3 is 0 Å². The molecule has 3 atom stereocenters. The van der Waals surface area contributed by atoms with E-state index in [1.807, 2.05) is 19.1 Å². The van der Waals surface area contributed by atoms with Crippen LogP contribution in [0.15, 0.2) is 12.1 Å². The van der Waals surface area contributed by atoms with Crippen molar-refractivity contribution in [3.63, 3.8) is 0 Å². The number of sulfonamides is 1. The Morgan fingerprint density at radius 3 is 2.70 bits per heavy atom. The van der Waals surface area contributed by atoms with E-state index in [0.717, 1.165) is 35.4 Å². The van der Waals surface area contributed by atoms with Gasteiger partial charge >= 0.3 is 0 Å². The number of rotatable bonds is 4. The largest absolute Gasteiger partial charge is 0.274 e. The van der Waals surface area contributed by atoms with E-state index in [2.05, 4.69) is 4.72 Å². The topological polar surface area (TPSA) is 63.2 Å². The number of hydrogen-bond donors (Lipinski definition) is 1. The van der Waals surface area contributed by atoms with E-state index in [-0.39, 0.29) is 17.6 Å². The van der Waals surface area contributed by atoms with E-state index in [1.54, 1.807) is 0 Å². The Morgan fingerprint density at radius 1 is 1.35 bits per heavy atom. The van der Waals surface area contributed by atoms with Gasteiger partial charge in [-0.15, -0.1) is 11.3 Å². The maximum Gasteiger partial charge on any atom is 0.238 e. The summed E-state index contributed by atoms with van der Waals surface area (Å²) in [6, 6.07) is 3.82. The molecule has 2 saturated carbocycles. The van der Waals surface area contributed by atoms with Gasteiger partial charge in [0.15, 0.2) is 0 Å². The van der Waals surface area contributed by atoms with Gasteiger partial charge in [0.05, 0.1) is 11.7 Å². The molecule has 2 bridgehead atoms. The molecule has 0 radical (unpaired) electrons. The Morgan fingerprint density at radius 2 is 2.15 bits per heavy atom. The van der Waals surface area contributed by atoms with Crippen LogP contribution in [-0.4, -0.2) is 19.6 Å². The molecule has 1 heterocycles. The summed E-state index contributed by atoms with van der Waals surface area (Å²) in [4.78, 5) is 14.0. The molecule has 20 heavy (non-hydrogen) atoms. The predicted molar refractivity (Wildman–Crippen MR) is 79.1 cm³/mol. The highest BCUT2D eigenvalue weighted by atomic mass is 32.2. The summed E-state index contributed by atoms with van der Waals surface area (Å²) >= 11 is 1.53. The highest BCUT2D eigenvalue weighted by Gasteiger charge is 2.46. The van der Waals surface area contributed by atoms with Crippen LogP contribution in [0.1, 0.15) is 35.4 Å². The van der Waals surface area contributed by atoms with Crippen molar-refractivity contribution in [3.8, 4) is 0 Å². The summed E-state index contributed by atoms with van der Waals surface area (Å²) in [7, 11) is -3.50. The van der Waals surface area contributed by atoms with Crippen LogP contribution < -0.4 is 4.72 Å². The first-order valence-electron chi connectivity index (χ1n) is 7.04. The summed E-state index contributed by atoms with van der Waals surface area (Å²) in [5.74, 6) is 0.403. The highest BCUT2D eigenvalue weighted by Crippen LogP contribution is 2.47. The zero-order valence-electron chi connectivity index (χ0n) is 11.5. The van der Waals surface area contributed by atoms with E-state index in [4.69, 9.17) is 0 Å². The number of fused-ring (bicyclic) bond motifs is 2. The third kappa shape index (κ3) is 2.76. The van der Waals surface area contributed by atoms with Gasteiger partial charge in [-0.2, -0.15) is 0 Å². The maximum atomic E-state index is 12.3. The lowest BCUT2D eigenvalue weighted by Crippen LogP contribution is -2.41. The number of thiophene rings is 1. The molecular formula is C14H19NO3S2. The average Bonchev–Trinajstić information content (AvgIpc) is 3.04. The number of carbonyl (C=O) groups excluding carboxylic acids is 1. The first kappa shape index (κ1) is 14.1. The highest BCUT2D eigenvalue weighted by molar-refractivity contribution is 7.90. The van der Waals surface area contributed by atoms with Crippen LogP contribution >= 0.6 is 11.3 Å². The molecule has 1 amide bonds. The lowest BCUT2D eigenvalue weighted by Gasteiger charge is -2.21. The second-order valence-corrected chi connectivity index (χ2v) is 9.24. The number of carbonyl (C=O) groups is 1. The summed E-state index contributed by atoms with van der Waals surface area (Å²) in [6.07, 6.45) is 4.04. The molecule has 4 nitrogen and oxygen atoms in total. The van der Waals surface area contributed by atoms with Crippen molar-refractivity contribution in [2.24, 2.45) is 11.8 Å². The Balaban J connectivity index is 1.63. The van der Waals surface area contributed by atoms with E-state index >= 15 is 0 Å². The van der Waals surface area contributed by atoms with Crippen molar-refractivity contribution >= 4 is 27.3 Å². The lowest BCUT2D eigenvalue weighted by molar-refractivity contribution is -0.118. The second-order valence-electron chi connectivity index (χ2n) is 5.97. The zero-order valence-corrected chi connectivity index (χ0v) is 13.1. The maximum absolute atomic E-state index is 12.3. The van der Waals surface area contributed by atoms with Crippen molar-refractivity contribution in [3.05, 3.63) is 21.9 Å². The molecule has 1 unspecified atom stereocenters. The smallest absolute Gasteiger partial charge is 0.238 e. The van der Waals surface area contributed by atoms with E-state index in [0.29, 0.717) is 5.92 Å². The van der Waals surface area contributed by atoms with Crippen molar-refractivity contribution in [2.75, 3.05) is 0 Å². The van der Waals surface area contributed by atoms with Gasteiger partial charge in [-0.05, 0) is 50.2 Å². The Hall–Kier alpha value is -0.880. The van der Waals surface area contributed by atoms with Crippen molar-refractivity contribution in [2.45, 2.75) is 44.3 Å². The van der Waals surface area contributed by atoms with Crippen molar-refractivity contribution in [1.82, 2.24) is 4.72 Å². The van der Waals surface area contributed by atoms with Crippen LogP contribution in [0.5, 0.6) is 0 Å². The SMILES string of the molecule is Cc1ccc(CC(=O)NS(=O)(=O)C2C[C@@H]3CC[C@H]2C3)s1. The molecule has 6 heteroatoms. The molecule has 0 aromatic carbocycles. The molecule has 1 N–H and O–H groups in total. The number of hydrogen-bond acceptors (Lipinski definition) is 4. The zero-order chi connectivity index (χ0) is 14.3. The van der Waals surface area contributed by atoms with Gasteiger partial charge in [0.1, 0.15) is 0 Å². The molecule has 110 valence electrons. The minimum atomic E-state index is -3.50. The summed E-state index contributed by atoms with van der Waals surface area (Å²) in [6.45, 7) is 1.97. The van der Waals surface area contributed by atoms with E-state index in [1.165, 1.54) is 11.3 Å². The second kappa shape index (κ2) is 5.15. The van der Waals surface area contributed by atoms with Gasteiger partial charge in [-0.25, -0.2) is 8.42 Å². The third-order valence-electron chi connectivity index (χ3n) is 4.46. The molecule has 0 aliphatic heterocycles. The van der Waals surface area contributed by atoms with Gasteiger partial charge in [0.25, 0.3) is 0 Å². The standard InChI is InChI=1S/C14H19NO3S2/c1-9-2-5-12(19-9)8-14(16)15-20(17,18)13-7-10-3-4-11(13)6-10/h2,5,10-11,13H,3-4,6-8H2,1H3,(H,15,16)/t10-,11+,13?/m1/s1. The molecule has 3 rings (SSSR count). The molecular weight excluding hydrogens is 294 g/mol. The van der Waals surface area contributed by atoms with Gasteiger partial charge in [-0.3, -0.25) is 9.52 Å². The van der Waals surface area contributed by atoms with E-state index < -0.39 is 15.9 Å². The fourth-order valence-corrected chi connectivity index (χ4v) is 6.28. The molecule has 2 aliphatic rings. The van der Waals surface area contributed by atoms with Crippen LogP contribution in [0.3, 0.4) is 0 Å². The summed E-state index contributed by atoms with van der Waals surface area (Å²) < 4.78 is 26.9. The van der Waals surface area contributed by atoms with Crippen molar-refractivity contribution in [1.29, 1.82) is 0 Å². The molecule has 0 saturated heterocycles. The van der Waals surface area contributed by atoms with Crippen LogP contribution in [0, 0.1) is 18.8 Å². The Labute approximate surface area is 123 Å². The molecule has 1 aromatic rings. The first-order valence-corrected chi connectivity index (χ1v) is 9.40. The fraction of sp³-hybridized carbons (Fsp3) is 0.643. The van der Waals surface area contributed by atoms with Crippen LogP contribution in [0.2, 0.25) is 0 Å². The number of amides is 1. The lowest BCUT2D eigenvalue weighted by atomic mass is 10.0. The fourth-order valence-electron chi connectivity index (χ4n) is 3.58. The number of aryl methyl sites for hydroxylation is 1. The predicted octanol–water partition coefficient (Wildman–Crippen LogP) is 2.23. The quantitative estimate of drug-likeness (QED) is 0.927. The van der Waals surface area contributed by atoms with Crippen molar-refractivity contribution < 1.29 is 13.2 Å². The summed E-state index contributed by atoms with van der Waals surface area (Å²) in [5, 5.41) is -0.352. The van der Waals surface area contributed by atoms with Gasteiger partial charge in [0, 0.05) is 9.75 Å². The Bertz CT molecular complexity index is 620. The average molecular weight is 313 g/mol. The third-order valence-corrected chi connectivity index (χ3v) is 7.35. The van der Waals surface area contributed by atoms with Crippen LogP contribution in [-0.2, 0) is 21.2 Å². The molecule has 0 spiro atoms.